The van der Waals surface area contributed by atoms with Crippen LogP contribution >= 0.6 is 11.3 Å². The summed E-state index contributed by atoms with van der Waals surface area (Å²) >= 11 is 1.16. The Morgan fingerprint density at radius 1 is 1.47 bits per heavy atom. The van der Waals surface area contributed by atoms with Gasteiger partial charge in [-0.25, -0.2) is 9.59 Å². The summed E-state index contributed by atoms with van der Waals surface area (Å²) in [6.45, 7) is 2.34. The highest BCUT2D eigenvalue weighted by atomic mass is 32.1. The molecule has 0 radical (unpaired) electrons. The molecule has 0 spiro atoms. The molecular weight excluding hydrogens is 244 g/mol. The fraction of sp³-hybridized carbons (Fsp3) is 0.400. The predicted molar refractivity (Wildman–Crippen MR) is 62.5 cm³/mol. The largest absolute Gasteiger partial charge is 0.478 e. The van der Waals surface area contributed by atoms with E-state index in [1.54, 1.807) is 0 Å². The third-order valence-electron chi connectivity index (χ3n) is 2.86. The zero-order valence-electron chi connectivity index (χ0n) is 9.14. The van der Waals surface area contributed by atoms with Crippen molar-refractivity contribution in [1.82, 2.24) is 4.90 Å². The molecule has 2 rings (SSSR count). The predicted octanol–water partition coefficient (Wildman–Crippen LogP) is 1.63. The van der Waals surface area contributed by atoms with E-state index in [2.05, 4.69) is 0 Å². The number of hydrogen-bond acceptors (Lipinski definition) is 4. The van der Waals surface area contributed by atoms with Gasteiger partial charge in [0.25, 0.3) is 0 Å². The highest BCUT2D eigenvalue weighted by molar-refractivity contribution is 7.16. The van der Waals surface area contributed by atoms with Crippen LogP contribution in [-0.4, -0.2) is 33.7 Å². The number of fused-ring (bicyclic) bond motifs is 1. The average Bonchev–Trinajstić information content (AvgIpc) is 2.54. The molecule has 0 aliphatic carbocycles. The maximum Gasteiger partial charge on any atom is 0.407 e. The molecule has 1 amide bonds. The molecule has 0 bridgehead atoms. The number of hydrogen-bond donors (Lipinski definition) is 3. The Hall–Kier alpha value is -1.76. The van der Waals surface area contributed by atoms with Crippen LogP contribution in [0.25, 0.3) is 0 Å². The summed E-state index contributed by atoms with van der Waals surface area (Å²) in [6, 6.07) is 0. The fourth-order valence-electron chi connectivity index (χ4n) is 2.18. The van der Waals surface area contributed by atoms with E-state index in [-0.39, 0.29) is 23.0 Å². The van der Waals surface area contributed by atoms with Gasteiger partial charge in [-0.3, -0.25) is 0 Å². The molecule has 1 atom stereocenters. The van der Waals surface area contributed by atoms with Gasteiger partial charge in [-0.05, 0) is 5.56 Å². The average molecular weight is 256 g/mol. The molecule has 92 valence electrons. The molecule has 0 saturated carbocycles. The van der Waals surface area contributed by atoms with Crippen LogP contribution in [0.15, 0.2) is 0 Å². The number of carboxylic acid groups (broad SMARTS) is 2. The number of aromatic carboxylic acids is 1. The molecule has 0 saturated heterocycles. The lowest BCUT2D eigenvalue weighted by Gasteiger charge is -2.29. The first-order valence-corrected chi connectivity index (χ1v) is 5.85. The highest BCUT2D eigenvalue weighted by Crippen LogP contribution is 2.40. The number of amides is 1. The molecule has 17 heavy (non-hydrogen) atoms. The van der Waals surface area contributed by atoms with E-state index < -0.39 is 12.1 Å². The zero-order chi connectivity index (χ0) is 12.7. The smallest absolute Gasteiger partial charge is 0.407 e. The van der Waals surface area contributed by atoms with Gasteiger partial charge in [-0.1, -0.05) is 6.92 Å². The fourth-order valence-corrected chi connectivity index (χ4v) is 3.37. The maximum absolute atomic E-state index is 11.1. The first-order valence-electron chi connectivity index (χ1n) is 5.04. The lowest BCUT2D eigenvalue weighted by Crippen LogP contribution is -2.36. The summed E-state index contributed by atoms with van der Waals surface area (Å²) in [5.74, 6) is -1.19. The van der Waals surface area contributed by atoms with E-state index in [1.807, 2.05) is 6.92 Å². The van der Waals surface area contributed by atoms with Crippen molar-refractivity contribution in [3.05, 3.63) is 16.0 Å². The van der Waals surface area contributed by atoms with E-state index in [0.717, 1.165) is 16.2 Å². The lowest BCUT2D eigenvalue weighted by molar-refractivity contribution is 0.0696. The third-order valence-corrected chi connectivity index (χ3v) is 3.87. The minimum Gasteiger partial charge on any atom is -0.478 e. The molecule has 1 aliphatic heterocycles. The van der Waals surface area contributed by atoms with Crippen molar-refractivity contribution in [2.24, 2.45) is 0 Å². The standard InChI is InChI=1S/C10H12N2O4S/c1-4-2-12(10(15)16)3-5-6(4)7(9(13)14)8(11)17-5/h4H,2-3,11H2,1H3,(H,13,14)(H,15,16). The number of thiophene rings is 1. The second kappa shape index (κ2) is 3.92. The molecule has 1 aliphatic rings. The number of anilines is 1. The summed E-state index contributed by atoms with van der Waals surface area (Å²) in [6.07, 6.45) is -0.994. The van der Waals surface area contributed by atoms with Gasteiger partial charge in [0.1, 0.15) is 5.00 Å². The van der Waals surface area contributed by atoms with Crippen molar-refractivity contribution in [2.45, 2.75) is 19.4 Å². The van der Waals surface area contributed by atoms with E-state index >= 15 is 0 Å². The van der Waals surface area contributed by atoms with Gasteiger partial charge in [0.05, 0.1) is 12.1 Å². The highest BCUT2D eigenvalue weighted by Gasteiger charge is 2.32. The molecule has 1 aromatic heterocycles. The van der Waals surface area contributed by atoms with Gasteiger partial charge in [-0.2, -0.15) is 0 Å². The van der Waals surface area contributed by atoms with Crippen molar-refractivity contribution in [3.63, 3.8) is 0 Å². The first kappa shape index (κ1) is 11.7. The first-order chi connectivity index (χ1) is 7.91. The van der Waals surface area contributed by atoms with Crippen LogP contribution in [0, 0.1) is 0 Å². The van der Waals surface area contributed by atoms with E-state index in [0.29, 0.717) is 12.1 Å². The molecule has 1 aromatic rings. The SMILES string of the molecule is CC1CN(C(=O)O)Cc2sc(N)c(C(=O)O)c21. The minimum absolute atomic E-state index is 0.141. The van der Waals surface area contributed by atoms with Gasteiger partial charge in [-0.15, -0.1) is 11.3 Å². The Bertz CT molecular complexity index is 497. The van der Waals surface area contributed by atoms with E-state index in [4.69, 9.17) is 15.9 Å². The van der Waals surface area contributed by atoms with Crippen LogP contribution in [0.1, 0.15) is 33.6 Å². The Morgan fingerprint density at radius 2 is 2.12 bits per heavy atom. The van der Waals surface area contributed by atoms with Gasteiger partial charge < -0.3 is 20.8 Å². The number of nitrogens with two attached hydrogens (primary N) is 1. The van der Waals surface area contributed by atoms with Crippen molar-refractivity contribution in [2.75, 3.05) is 12.3 Å². The Labute approximate surface area is 101 Å². The van der Waals surface area contributed by atoms with Crippen molar-refractivity contribution in [3.8, 4) is 0 Å². The molecular formula is C10H12N2O4S. The lowest BCUT2D eigenvalue weighted by atomic mass is 9.93. The molecule has 1 unspecified atom stereocenters. The van der Waals surface area contributed by atoms with Crippen LogP contribution in [0.2, 0.25) is 0 Å². The summed E-state index contributed by atoms with van der Waals surface area (Å²) in [7, 11) is 0. The normalized spacial score (nSPS) is 18.9. The Kier molecular flexibility index (Phi) is 2.70. The monoisotopic (exact) mass is 256 g/mol. The summed E-state index contributed by atoms with van der Waals surface area (Å²) in [5, 5.41) is 18.3. The van der Waals surface area contributed by atoms with Gasteiger partial charge in [0.15, 0.2) is 0 Å². The summed E-state index contributed by atoms with van der Waals surface area (Å²) < 4.78 is 0. The molecule has 6 nitrogen and oxygen atoms in total. The molecule has 2 heterocycles. The van der Waals surface area contributed by atoms with Crippen LogP contribution in [-0.2, 0) is 6.54 Å². The van der Waals surface area contributed by atoms with Crippen LogP contribution in [0.5, 0.6) is 0 Å². The van der Waals surface area contributed by atoms with Crippen molar-refractivity contribution in [1.29, 1.82) is 0 Å². The van der Waals surface area contributed by atoms with Crippen molar-refractivity contribution >= 4 is 28.4 Å². The molecule has 4 N–H and O–H groups in total. The Morgan fingerprint density at radius 3 is 2.65 bits per heavy atom. The zero-order valence-corrected chi connectivity index (χ0v) is 9.95. The number of nitrogens with zero attached hydrogens (tertiary/aromatic N) is 1. The van der Waals surface area contributed by atoms with Gasteiger partial charge in [0.2, 0.25) is 0 Å². The third kappa shape index (κ3) is 1.82. The van der Waals surface area contributed by atoms with Crippen LogP contribution in [0.3, 0.4) is 0 Å². The topological polar surface area (TPSA) is 104 Å². The van der Waals surface area contributed by atoms with E-state index in [1.165, 1.54) is 4.90 Å². The number of carbonyl (C=O) groups is 2. The quantitative estimate of drug-likeness (QED) is 0.708. The van der Waals surface area contributed by atoms with Gasteiger partial charge >= 0.3 is 12.1 Å². The second-order valence-electron chi connectivity index (χ2n) is 4.05. The number of nitrogen functional groups attached to an aromatic ring is 1. The Balaban J connectivity index is 2.48. The molecule has 7 heteroatoms. The summed E-state index contributed by atoms with van der Waals surface area (Å²) in [5.41, 5.74) is 6.51. The minimum atomic E-state index is -1.05. The molecule has 0 fully saturated rings. The maximum atomic E-state index is 11.1. The van der Waals surface area contributed by atoms with Crippen LogP contribution < -0.4 is 5.73 Å². The molecule has 0 aromatic carbocycles. The number of carboxylic acids is 1. The van der Waals surface area contributed by atoms with Crippen LogP contribution in [0.4, 0.5) is 9.80 Å². The van der Waals surface area contributed by atoms with Crippen molar-refractivity contribution < 1.29 is 19.8 Å². The van der Waals surface area contributed by atoms with Gasteiger partial charge in [0, 0.05) is 17.3 Å². The van der Waals surface area contributed by atoms with E-state index in [9.17, 15) is 9.59 Å². The second-order valence-corrected chi connectivity index (χ2v) is 5.18. The summed E-state index contributed by atoms with van der Waals surface area (Å²) in [4.78, 5) is 24.0. The number of rotatable bonds is 1.